The van der Waals surface area contributed by atoms with Gasteiger partial charge in [-0.25, -0.2) is 4.39 Å². The molecule has 1 aliphatic heterocycles. The smallest absolute Gasteiger partial charge is 0.129 e. The quantitative estimate of drug-likeness (QED) is 0.755. The number of morpholine rings is 1. The summed E-state index contributed by atoms with van der Waals surface area (Å²) in [5.41, 5.74) is 1.47. The van der Waals surface area contributed by atoms with E-state index in [1.54, 1.807) is 6.07 Å². The van der Waals surface area contributed by atoms with Crippen molar-refractivity contribution in [2.24, 2.45) is 0 Å². The van der Waals surface area contributed by atoms with E-state index in [1.165, 1.54) is 6.07 Å². The standard InChI is InChI=1S/C13H17ClFNO/c1-9-8-17-10(2)7-16(9)13-5-3-4-12(15)11(13)6-14/h3-5,9-10H,6-8H2,1-2H3. The summed E-state index contributed by atoms with van der Waals surface area (Å²) in [6.07, 6.45) is 0.164. The van der Waals surface area contributed by atoms with Crippen molar-refractivity contribution >= 4 is 17.3 Å². The van der Waals surface area contributed by atoms with Crippen LogP contribution in [0.2, 0.25) is 0 Å². The molecule has 1 heterocycles. The Hall–Kier alpha value is -0.800. The van der Waals surface area contributed by atoms with Crippen LogP contribution in [0.3, 0.4) is 0 Å². The maximum Gasteiger partial charge on any atom is 0.129 e. The Balaban J connectivity index is 2.35. The molecule has 4 heteroatoms. The van der Waals surface area contributed by atoms with Gasteiger partial charge in [0.15, 0.2) is 0 Å². The zero-order chi connectivity index (χ0) is 12.4. The fraction of sp³-hybridized carbons (Fsp3) is 0.538. The Kier molecular flexibility index (Phi) is 3.89. The van der Waals surface area contributed by atoms with Gasteiger partial charge in [-0.1, -0.05) is 6.07 Å². The molecular weight excluding hydrogens is 241 g/mol. The van der Waals surface area contributed by atoms with Crippen LogP contribution in [-0.4, -0.2) is 25.3 Å². The van der Waals surface area contributed by atoms with Gasteiger partial charge in [0, 0.05) is 23.8 Å². The van der Waals surface area contributed by atoms with Crippen molar-refractivity contribution in [3.05, 3.63) is 29.6 Å². The van der Waals surface area contributed by atoms with E-state index in [2.05, 4.69) is 11.8 Å². The van der Waals surface area contributed by atoms with Gasteiger partial charge in [-0.05, 0) is 26.0 Å². The highest BCUT2D eigenvalue weighted by Gasteiger charge is 2.25. The summed E-state index contributed by atoms with van der Waals surface area (Å²) in [5.74, 6) is -0.0376. The monoisotopic (exact) mass is 257 g/mol. The van der Waals surface area contributed by atoms with E-state index >= 15 is 0 Å². The highest BCUT2D eigenvalue weighted by atomic mass is 35.5. The van der Waals surface area contributed by atoms with E-state index in [1.807, 2.05) is 13.0 Å². The Morgan fingerprint density at radius 2 is 2.24 bits per heavy atom. The number of alkyl halides is 1. The van der Waals surface area contributed by atoms with Crippen LogP contribution in [0, 0.1) is 5.82 Å². The van der Waals surface area contributed by atoms with Crippen LogP contribution in [0.25, 0.3) is 0 Å². The van der Waals surface area contributed by atoms with Crippen molar-refractivity contribution in [3.8, 4) is 0 Å². The SMILES string of the molecule is CC1CN(c2cccc(F)c2CCl)C(C)CO1. The van der Waals surface area contributed by atoms with Gasteiger partial charge >= 0.3 is 0 Å². The highest BCUT2D eigenvalue weighted by Crippen LogP contribution is 2.28. The van der Waals surface area contributed by atoms with Gasteiger partial charge in [0.1, 0.15) is 5.82 Å². The first-order chi connectivity index (χ1) is 8.13. The largest absolute Gasteiger partial charge is 0.375 e. The minimum Gasteiger partial charge on any atom is -0.375 e. The number of rotatable bonds is 2. The number of halogens is 2. The molecule has 1 aliphatic rings. The maximum atomic E-state index is 13.7. The molecular formula is C13H17ClFNO. The average molecular weight is 258 g/mol. The molecule has 2 unspecified atom stereocenters. The van der Waals surface area contributed by atoms with Crippen molar-refractivity contribution in [3.63, 3.8) is 0 Å². The lowest BCUT2D eigenvalue weighted by Crippen LogP contribution is -2.47. The molecule has 0 aliphatic carbocycles. The van der Waals surface area contributed by atoms with Gasteiger partial charge in [0.25, 0.3) is 0 Å². The number of nitrogens with zero attached hydrogens (tertiary/aromatic N) is 1. The summed E-state index contributed by atoms with van der Waals surface area (Å²) in [6, 6.07) is 5.36. The highest BCUT2D eigenvalue weighted by molar-refractivity contribution is 6.17. The first-order valence-corrected chi connectivity index (χ1v) is 6.38. The molecule has 94 valence electrons. The summed E-state index contributed by atoms with van der Waals surface area (Å²) >= 11 is 5.84. The van der Waals surface area contributed by atoms with Crippen molar-refractivity contribution in [1.29, 1.82) is 0 Å². The Morgan fingerprint density at radius 1 is 1.47 bits per heavy atom. The molecule has 1 aromatic carbocycles. The summed E-state index contributed by atoms with van der Waals surface area (Å²) in [6.45, 7) is 5.54. The van der Waals surface area contributed by atoms with Gasteiger partial charge in [0.2, 0.25) is 0 Å². The number of hydrogen-bond acceptors (Lipinski definition) is 2. The number of anilines is 1. The second kappa shape index (κ2) is 5.23. The summed E-state index contributed by atoms with van der Waals surface area (Å²) < 4.78 is 19.3. The second-order valence-corrected chi connectivity index (χ2v) is 4.78. The summed E-state index contributed by atoms with van der Waals surface area (Å²) in [5, 5.41) is 0. The number of benzene rings is 1. The molecule has 17 heavy (non-hydrogen) atoms. The Bertz CT molecular complexity index is 399. The third-order valence-corrected chi connectivity index (χ3v) is 3.41. The van der Waals surface area contributed by atoms with E-state index in [0.29, 0.717) is 12.2 Å². The van der Waals surface area contributed by atoms with Crippen LogP contribution in [0.4, 0.5) is 10.1 Å². The van der Waals surface area contributed by atoms with E-state index in [0.717, 1.165) is 12.2 Å². The van der Waals surface area contributed by atoms with Crippen LogP contribution < -0.4 is 4.90 Å². The van der Waals surface area contributed by atoms with Gasteiger partial charge in [0.05, 0.1) is 18.6 Å². The molecule has 0 aromatic heterocycles. The topological polar surface area (TPSA) is 12.5 Å². The zero-order valence-corrected chi connectivity index (χ0v) is 10.9. The third kappa shape index (κ3) is 2.55. The molecule has 2 rings (SSSR count). The number of ether oxygens (including phenoxy) is 1. The zero-order valence-electron chi connectivity index (χ0n) is 10.1. The first-order valence-electron chi connectivity index (χ1n) is 5.85. The van der Waals surface area contributed by atoms with E-state index < -0.39 is 0 Å². The van der Waals surface area contributed by atoms with Gasteiger partial charge in [-0.15, -0.1) is 11.6 Å². The minimum atomic E-state index is -0.233. The molecule has 0 saturated carbocycles. The van der Waals surface area contributed by atoms with Crippen LogP contribution in [0.15, 0.2) is 18.2 Å². The molecule has 0 bridgehead atoms. The fourth-order valence-electron chi connectivity index (χ4n) is 2.19. The molecule has 2 atom stereocenters. The lowest BCUT2D eigenvalue weighted by atomic mass is 10.1. The van der Waals surface area contributed by atoms with Gasteiger partial charge < -0.3 is 9.64 Å². The van der Waals surface area contributed by atoms with Crippen molar-refractivity contribution in [1.82, 2.24) is 0 Å². The number of hydrogen-bond donors (Lipinski definition) is 0. The summed E-state index contributed by atoms with van der Waals surface area (Å²) in [4.78, 5) is 2.18. The molecule has 0 spiro atoms. The molecule has 1 saturated heterocycles. The second-order valence-electron chi connectivity index (χ2n) is 4.52. The Morgan fingerprint density at radius 3 is 2.94 bits per heavy atom. The van der Waals surface area contributed by atoms with Gasteiger partial charge in [-0.2, -0.15) is 0 Å². The Labute approximate surface area is 106 Å². The predicted molar refractivity (Wildman–Crippen MR) is 68.2 cm³/mol. The molecule has 0 amide bonds. The normalized spacial score (nSPS) is 25.1. The van der Waals surface area contributed by atoms with Crippen molar-refractivity contribution < 1.29 is 9.13 Å². The van der Waals surface area contributed by atoms with Crippen molar-refractivity contribution in [2.45, 2.75) is 31.9 Å². The fourth-order valence-corrected chi connectivity index (χ4v) is 2.45. The van der Waals surface area contributed by atoms with Gasteiger partial charge in [-0.3, -0.25) is 0 Å². The molecule has 0 radical (unpaired) electrons. The lowest BCUT2D eigenvalue weighted by Gasteiger charge is -2.39. The minimum absolute atomic E-state index is 0.164. The van der Waals surface area contributed by atoms with E-state index in [-0.39, 0.29) is 23.8 Å². The summed E-state index contributed by atoms with van der Waals surface area (Å²) in [7, 11) is 0. The predicted octanol–water partition coefficient (Wildman–Crippen LogP) is 3.18. The lowest BCUT2D eigenvalue weighted by molar-refractivity contribution is 0.0343. The molecule has 1 fully saturated rings. The third-order valence-electron chi connectivity index (χ3n) is 3.14. The maximum absolute atomic E-state index is 13.7. The van der Waals surface area contributed by atoms with Crippen LogP contribution in [0.5, 0.6) is 0 Å². The van der Waals surface area contributed by atoms with E-state index in [4.69, 9.17) is 16.3 Å². The molecule has 2 nitrogen and oxygen atoms in total. The molecule has 0 N–H and O–H groups in total. The van der Waals surface area contributed by atoms with Crippen molar-refractivity contribution in [2.75, 3.05) is 18.1 Å². The molecule has 1 aromatic rings. The van der Waals surface area contributed by atoms with Crippen LogP contribution in [0.1, 0.15) is 19.4 Å². The van der Waals surface area contributed by atoms with E-state index in [9.17, 15) is 4.39 Å². The van der Waals surface area contributed by atoms with Crippen LogP contribution >= 0.6 is 11.6 Å². The van der Waals surface area contributed by atoms with Crippen LogP contribution in [-0.2, 0) is 10.6 Å². The average Bonchev–Trinajstić information content (AvgIpc) is 2.32. The first kappa shape index (κ1) is 12.7.